The monoisotopic (exact) mass is 371 g/mol. The number of rotatable bonds is 4. The van der Waals surface area contributed by atoms with Gasteiger partial charge in [0.05, 0.1) is 25.0 Å². The molecular formula is C19H29N7O. The van der Waals surface area contributed by atoms with Gasteiger partial charge in [0.25, 0.3) is 0 Å². The number of aromatic nitrogens is 4. The smallest absolute Gasteiger partial charge is 0.193 e. The van der Waals surface area contributed by atoms with Crippen LogP contribution < -0.4 is 5.32 Å². The average Bonchev–Trinajstić information content (AvgIpc) is 3.31. The molecule has 0 amide bonds. The van der Waals surface area contributed by atoms with Crippen LogP contribution in [0.25, 0.3) is 0 Å². The number of nitrogens with one attached hydrogen (secondary N) is 1. The molecule has 0 bridgehead atoms. The molecular weight excluding hydrogens is 342 g/mol. The van der Waals surface area contributed by atoms with Crippen molar-refractivity contribution in [2.45, 2.75) is 38.3 Å². The number of morpholine rings is 1. The standard InChI is InChI=1S/C19H29N7O/c1-20-19(21-7-6-16-13-25-8-4-3-5-18(25)23-16)26-9-10-27-17(14-26)15-11-22-24(2)12-15/h11-13,17H,3-10,14H2,1-2H3,(H,20,21). The van der Waals surface area contributed by atoms with Gasteiger partial charge in [-0.2, -0.15) is 5.10 Å². The lowest BCUT2D eigenvalue weighted by Crippen LogP contribution is -2.48. The van der Waals surface area contributed by atoms with Crippen LogP contribution in [0.3, 0.4) is 0 Å². The largest absolute Gasteiger partial charge is 0.370 e. The summed E-state index contributed by atoms with van der Waals surface area (Å²) in [6.45, 7) is 4.26. The third kappa shape index (κ3) is 4.16. The molecule has 1 fully saturated rings. The molecule has 27 heavy (non-hydrogen) atoms. The summed E-state index contributed by atoms with van der Waals surface area (Å²) in [6.07, 6.45) is 10.7. The first-order chi connectivity index (χ1) is 13.2. The number of hydrogen-bond acceptors (Lipinski definition) is 4. The van der Waals surface area contributed by atoms with Gasteiger partial charge in [-0.1, -0.05) is 0 Å². The van der Waals surface area contributed by atoms with Crippen LogP contribution in [0.15, 0.2) is 23.6 Å². The molecule has 4 rings (SSSR count). The molecule has 0 saturated carbocycles. The van der Waals surface area contributed by atoms with E-state index in [0.29, 0.717) is 6.61 Å². The molecule has 146 valence electrons. The summed E-state index contributed by atoms with van der Waals surface area (Å²) < 4.78 is 10.1. The zero-order valence-corrected chi connectivity index (χ0v) is 16.3. The van der Waals surface area contributed by atoms with Gasteiger partial charge < -0.3 is 19.5 Å². The molecule has 8 heteroatoms. The summed E-state index contributed by atoms with van der Waals surface area (Å²) in [5.41, 5.74) is 2.28. The lowest BCUT2D eigenvalue weighted by Gasteiger charge is -2.34. The van der Waals surface area contributed by atoms with Crippen LogP contribution >= 0.6 is 0 Å². The maximum atomic E-state index is 5.93. The predicted molar refractivity (Wildman–Crippen MR) is 104 cm³/mol. The quantitative estimate of drug-likeness (QED) is 0.645. The first kappa shape index (κ1) is 18.0. The van der Waals surface area contributed by atoms with E-state index in [2.05, 4.69) is 31.1 Å². The Labute approximate surface area is 160 Å². The Morgan fingerprint density at radius 2 is 2.26 bits per heavy atom. The van der Waals surface area contributed by atoms with Crippen LogP contribution in [0.4, 0.5) is 0 Å². The Morgan fingerprint density at radius 3 is 3.04 bits per heavy atom. The Kier molecular flexibility index (Phi) is 5.42. The maximum absolute atomic E-state index is 5.93. The van der Waals surface area contributed by atoms with E-state index in [0.717, 1.165) is 50.5 Å². The number of nitrogens with zero attached hydrogens (tertiary/aromatic N) is 6. The van der Waals surface area contributed by atoms with Gasteiger partial charge in [-0.15, -0.1) is 0 Å². The zero-order chi connectivity index (χ0) is 18.6. The molecule has 2 aliphatic rings. The molecule has 0 aromatic carbocycles. The van der Waals surface area contributed by atoms with Crippen LogP contribution in [-0.2, 0) is 31.2 Å². The minimum Gasteiger partial charge on any atom is -0.370 e. The highest BCUT2D eigenvalue weighted by Crippen LogP contribution is 2.21. The number of aryl methyl sites for hydroxylation is 3. The summed E-state index contributed by atoms with van der Waals surface area (Å²) in [6, 6.07) is 0. The third-order valence-corrected chi connectivity index (χ3v) is 5.30. The van der Waals surface area contributed by atoms with Crippen LogP contribution in [0.1, 0.15) is 36.0 Å². The molecule has 1 N–H and O–H groups in total. The fourth-order valence-electron chi connectivity index (χ4n) is 3.88. The van der Waals surface area contributed by atoms with Gasteiger partial charge >= 0.3 is 0 Å². The van der Waals surface area contributed by atoms with Crippen molar-refractivity contribution < 1.29 is 4.74 Å². The van der Waals surface area contributed by atoms with E-state index in [-0.39, 0.29) is 6.10 Å². The SMILES string of the molecule is CN=C(NCCc1cn2c(n1)CCCC2)N1CCOC(c2cnn(C)c2)C1. The zero-order valence-electron chi connectivity index (χ0n) is 16.3. The first-order valence-corrected chi connectivity index (χ1v) is 9.83. The molecule has 0 radical (unpaired) electrons. The molecule has 0 spiro atoms. The fourth-order valence-corrected chi connectivity index (χ4v) is 3.88. The van der Waals surface area contributed by atoms with Gasteiger partial charge in [0.15, 0.2) is 5.96 Å². The number of fused-ring (bicyclic) bond motifs is 1. The molecule has 0 aliphatic carbocycles. The van der Waals surface area contributed by atoms with Crippen molar-refractivity contribution in [3.63, 3.8) is 0 Å². The third-order valence-electron chi connectivity index (χ3n) is 5.30. The van der Waals surface area contributed by atoms with E-state index in [9.17, 15) is 0 Å². The highest BCUT2D eigenvalue weighted by Gasteiger charge is 2.25. The van der Waals surface area contributed by atoms with Gasteiger partial charge in [-0.25, -0.2) is 4.98 Å². The molecule has 2 aromatic rings. The van der Waals surface area contributed by atoms with Gasteiger partial charge in [0, 0.05) is 64.5 Å². The molecule has 1 saturated heterocycles. The van der Waals surface area contributed by atoms with E-state index < -0.39 is 0 Å². The van der Waals surface area contributed by atoms with Crippen molar-refractivity contribution in [1.82, 2.24) is 29.5 Å². The van der Waals surface area contributed by atoms with Crippen molar-refractivity contribution in [2.24, 2.45) is 12.0 Å². The summed E-state index contributed by atoms with van der Waals surface area (Å²) in [4.78, 5) is 11.5. The second-order valence-corrected chi connectivity index (χ2v) is 7.28. The van der Waals surface area contributed by atoms with Gasteiger partial charge in [0.1, 0.15) is 11.9 Å². The first-order valence-electron chi connectivity index (χ1n) is 9.83. The highest BCUT2D eigenvalue weighted by atomic mass is 16.5. The van der Waals surface area contributed by atoms with E-state index in [1.807, 2.05) is 31.2 Å². The van der Waals surface area contributed by atoms with Crippen LogP contribution in [0, 0.1) is 0 Å². The number of ether oxygens (including phenoxy) is 1. The molecule has 8 nitrogen and oxygen atoms in total. The number of hydrogen-bond donors (Lipinski definition) is 1. The number of guanidine groups is 1. The van der Waals surface area contributed by atoms with E-state index in [1.54, 1.807) is 0 Å². The Hall–Kier alpha value is -2.35. The minimum absolute atomic E-state index is 0.0332. The second-order valence-electron chi connectivity index (χ2n) is 7.28. The van der Waals surface area contributed by atoms with Crippen molar-refractivity contribution >= 4 is 5.96 Å². The number of imidazole rings is 1. The van der Waals surface area contributed by atoms with Crippen LogP contribution in [0.5, 0.6) is 0 Å². The molecule has 4 heterocycles. The van der Waals surface area contributed by atoms with E-state index in [1.165, 1.54) is 24.4 Å². The Balaban J connectivity index is 1.31. The lowest BCUT2D eigenvalue weighted by atomic mass is 10.1. The lowest BCUT2D eigenvalue weighted by molar-refractivity contribution is -0.00801. The van der Waals surface area contributed by atoms with Gasteiger partial charge in [-0.05, 0) is 12.8 Å². The summed E-state index contributed by atoms with van der Waals surface area (Å²) in [7, 11) is 3.77. The van der Waals surface area contributed by atoms with Crippen molar-refractivity contribution in [1.29, 1.82) is 0 Å². The van der Waals surface area contributed by atoms with Gasteiger partial charge in [-0.3, -0.25) is 9.67 Å². The Bertz CT molecular complexity index is 770. The van der Waals surface area contributed by atoms with Crippen molar-refractivity contribution in [3.05, 3.63) is 35.7 Å². The topological polar surface area (TPSA) is 72.5 Å². The number of aliphatic imine (C=N–C) groups is 1. The van der Waals surface area contributed by atoms with Crippen molar-refractivity contribution in [2.75, 3.05) is 33.3 Å². The summed E-state index contributed by atoms with van der Waals surface area (Å²) in [5.74, 6) is 2.17. The van der Waals surface area contributed by atoms with Crippen molar-refractivity contribution in [3.8, 4) is 0 Å². The average molecular weight is 371 g/mol. The highest BCUT2D eigenvalue weighted by molar-refractivity contribution is 5.80. The van der Waals surface area contributed by atoms with Gasteiger partial charge in [0.2, 0.25) is 0 Å². The van der Waals surface area contributed by atoms with E-state index in [4.69, 9.17) is 9.72 Å². The minimum atomic E-state index is 0.0332. The predicted octanol–water partition coefficient (Wildman–Crippen LogP) is 1.14. The van der Waals surface area contributed by atoms with Crippen LogP contribution in [-0.4, -0.2) is 63.5 Å². The molecule has 2 aromatic heterocycles. The molecule has 1 atom stereocenters. The Morgan fingerprint density at radius 1 is 1.33 bits per heavy atom. The van der Waals surface area contributed by atoms with Crippen LogP contribution in [0.2, 0.25) is 0 Å². The maximum Gasteiger partial charge on any atom is 0.193 e. The normalized spacial score (nSPS) is 20.6. The summed E-state index contributed by atoms with van der Waals surface area (Å²) >= 11 is 0. The fraction of sp³-hybridized carbons (Fsp3) is 0.632. The second kappa shape index (κ2) is 8.12. The van der Waals surface area contributed by atoms with E-state index >= 15 is 0 Å². The summed E-state index contributed by atoms with van der Waals surface area (Å²) in [5, 5.41) is 7.75. The molecule has 2 aliphatic heterocycles. The molecule has 1 unspecified atom stereocenters.